The van der Waals surface area contributed by atoms with E-state index in [2.05, 4.69) is 10.3 Å². The monoisotopic (exact) mass is 450 g/mol. The number of primary amides is 1. The SMILES string of the molecule is NC(=O)CC[C@H](NC(=O)c1ccc(/C=C(/Cn2ccnc2)c2ccc(F)cc2)cc1)C(=O)O. The molecule has 170 valence electrons. The molecule has 1 heterocycles. The highest BCUT2D eigenvalue weighted by molar-refractivity contribution is 5.97. The summed E-state index contributed by atoms with van der Waals surface area (Å²) in [5.74, 6) is -2.78. The van der Waals surface area contributed by atoms with Crippen molar-refractivity contribution in [2.75, 3.05) is 0 Å². The van der Waals surface area contributed by atoms with Gasteiger partial charge in [0.1, 0.15) is 11.9 Å². The van der Waals surface area contributed by atoms with E-state index in [1.807, 2.05) is 16.8 Å². The van der Waals surface area contributed by atoms with Gasteiger partial charge in [-0.3, -0.25) is 9.59 Å². The molecule has 3 rings (SSSR count). The number of carbonyl (C=O) groups is 3. The summed E-state index contributed by atoms with van der Waals surface area (Å²) in [7, 11) is 0. The lowest BCUT2D eigenvalue weighted by molar-refractivity contribution is -0.139. The first kappa shape index (κ1) is 23.4. The largest absolute Gasteiger partial charge is 0.480 e. The molecule has 3 aromatic rings. The highest BCUT2D eigenvalue weighted by atomic mass is 19.1. The summed E-state index contributed by atoms with van der Waals surface area (Å²) in [6.07, 6.45) is 6.85. The van der Waals surface area contributed by atoms with Crippen LogP contribution in [0.3, 0.4) is 0 Å². The Bertz CT molecular complexity index is 1140. The van der Waals surface area contributed by atoms with E-state index in [0.29, 0.717) is 6.54 Å². The molecule has 1 aromatic heterocycles. The summed E-state index contributed by atoms with van der Waals surface area (Å²) in [5.41, 5.74) is 7.88. The van der Waals surface area contributed by atoms with Crippen molar-refractivity contribution in [1.29, 1.82) is 0 Å². The third-order valence-corrected chi connectivity index (χ3v) is 4.92. The highest BCUT2D eigenvalue weighted by Gasteiger charge is 2.21. The number of aromatic nitrogens is 2. The van der Waals surface area contributed by atoms with E-state index in [-0.39, 0.29) is 24.2 Å². The molecule has 4 N–H and O–H groups in total. The van der Waals surface area contributed by atoms with Gasteiger partial charge in [-0.05, 0) is 53.5 Å². The van der Waals surface area contributed by atoms with Crippen LogP contribution >= 0.6 is 0 Å². The second kappa shape index (κ2) is 10.9. The molecule has 0 fully saturated rings. The first-order chi connectivity index (χ1) is 15.8. The number of allylic oxidation sites excluding steroid dienone is 1. The molecule has 0 aliphatic rings. The minimum absolute atomic E-state index is 0.0908. The van der Waals surface area contributed by atoms with Gasteiger partial charge in [-0.15, -0.1) is 0 Å². The number of hydrogen-bond donors (Lipinski definition) is 3. The average Bonchev–Trinajstić information content (AvgIpc) is 3.30. The van der Waals surface area contributed by atoms with Crippen molar-refractivity contribution in [2.45, 2.75) is 25.4 Å². The van der Waals surface area contributed by atoms with Crippen molar-refractivity contribution in [1.82, 2.24) is 14.9 Å². The average molecular weight is 450 g/mol. The maximum atomic E-state index is 13.4. The topological polar surface area (TPSA) is 127 Å². The molecule has 2 amide bonds. The quantitative estimate of drug-likeness (QED) is 0.409. The molecule has 2 aromatic carbocycles. The van der Waals surface area contributed by atoms with Crippen LogP contribution in [0.15, 0.2) is 67.3 Å². The lowest BCUT2D eigenvalue weighted by Gasteiger charge is -2.14. The van der Waals surface area contributed by atoms with Crippen molar-refractivity contribution in [3.05, 3.63) is 89.8 Å². The summed E-state index contributed by atoms with van der Waals surface area (Å²) in [6.45, 7) is 0.508. The zero-order valence-corrected chi connectivity index (χ0v) is 17.6. The minimum Gasteiger partial charge on any atom is -0.480 e. The number of hydrogen-bond acceptors (Lipinski definition) is 4. The van der Waals surface area contributed by atoms with Crippen LogP contribution in [0.2, 0.25) is 0 Å². The number of halogens is 1. The van der Waals surface area contributed by atoms with E-state index in [1.54, 1.807) is 48.9 Å². The van der Waals surface area contributed by atoms with E-state index in [9.17, 15) is 23.9 Å². The second-order valence-electron chi connectivity index (χ2n) is 7.40. The van der Waals surface area contributed by atoms with Gasteiger partial charge in [0.15, 0.2) is 0 Å². The van der Waals surface area contributed by atoms with Crippen LogP contribution < -0.4 is 11.1 Å². The second-order valence-corrected chi connectivity index (χ2v) is 7.40. The van der Waals surface area contributed by atoms with Crippen molar-refractivity contribution >= 4 is 29.4 Å². The van der Waals surface area contributed by atoms with Crippen molar-refractivity contribution in [3.8, 4) is 0 Å². The summed E-state index contributed by atoms with van der Waals surface area (Å²) in [5, 5.41) is 11.7. The third kappa shape index (κ3) is 6.86. The van der Waals surface area contributed by atoms with Gasteiger partial charge in [-0.2, -0.15) is 0 Å². The fourth-order valence-corrected chi connectivity index (χ4v) is 3.18. The maximum absolute atomic E-state index is 13.4. The molecule has 0 spiro atoms. The van der Waals surface area contributed by atoms with Crippen LogP contribution in [0.25, 0.3) is 11.6 Å². The number of nitrogens with one attached hydrogen (secondary N) is 1. The van der Waals surface area contributed by atoms with E-state index in [1.165, 1.54) is 12.1 Å². The molecular weight excluding hydrogens is 427 g/mol. The number of rotatable bonds is 10. The molecule has 0 radical (unpaired) electrons. The van der Waals surface area contributed by atoms with Gasteiger partial charge in [-0.1, -0.05) is 24.3 Å². The van der Waals surface area contributed by atoms with Crippen LogP contribution in [-0.2, 0) is 16.1 Å². The molecule has 0 aliphatic carbocycles. The van der Waals surface area contributed by atoms with Gasteiger partial charge < -0.3 is 20.7 Å². The van der Waals surface area contributed by atoms with Crippen molar-refractivity contribution in [2.24, 2.45) is 5.73 Å². The van der Waals surface area contributed by atoms with Crippen LogP contribution in [0.5, 0.6) is 0 Å². The van der Waals surface area contributed by atoms with Crippen LogP contribution in [0.1, 0.15) is 34.3 Å². The highest BCUT2D eigenvalue weighted by Crippen LogP contribution is 2.21. The number of aliphatic carboxylic acids is 1. The number of carbonyl (C=O) groups excluding carboxylic acids is 2. The number of carboxylic acids is 1. The van der Waals surface area contributed by atoms with Gasteiger partial charge in [0, 0.05) is 30.9 Å². The summed E-state index contributed by atoms with van der Waals surface area (Å²) < 4.78 is 15.3. The molecule has 0 unspecified atom stereocenters. The van der Waals surface area contributed by atoms with Crippen molar-refractivity contribution < 1.29 is 23.9 Å². The van der Waals surface area contributed by atoms with Crippen molar-refractivity contribution in [3.63, 3.8) is 0 Å². The Morgan fingerprint density at radius 2 is 1.76 bits per heavy atom. The van der Waals surface area contributed by atoms with E-state index in [4.69, 9.17) is 5.73 Å². The molecule has 8 nitrogen and oxygen atoms in total. The standard InChI is InChI=1S/C24H23FN4O4/c25-20-7-5-17(6-8-20)19(14-29-12-11-27-15-29)13-16-1-3-18(4-2-16)23(31)28-21(24(32)33)9-10-22(26)30/h1-8,11-13,15,21H,9-10,14H2,(H2,26,30)(H,28,31)(H,32,33)/b19-13-/t21-/m0/s1. The first-order valence-electron chi connectivity index (χ1n) is 10.2. The number of imidazole rings is 1. The zero-order valence-electron chi connectivity index (χ0n) is 17.6. The van der Waals surface area contributed by atoms with E-state index < -0.39 is 23.8 Å². The molecule has 1 atom stereocenters. The Kier molecular flexibility index (Phi) is 7.69. The lowest BCUT2D eigenvalue weighted by atomic mass is 10.0. The molecular formula is C24H23FN4O4. The normalized spacial score (nSPS) is 12.2. The fraction of sp³-hybridized carbons (Fsp3) is 0.167. The summed E-state index contributed by atoms with van der Waals surface area (Å²) in [4.78, 5) is 38.7. The van der Waals surface area contributed by atoms with E-state index in [0.717, 1.165) is 16.7 Å². The van der Waals surface area contributed by atoms with Gasteiger partial charge >= 0.3 is 5.97 Å². The molecule has 0 bridgehead atoms. The smallest absolute Gasteiger partial charge is 0.326 e. The van der Waals surface area contributed by atoms with Gasteiger partial charge in [0.2, 0.25) is 5.91 Å². The molecule has 9 heteroatoms. The third-order valence-electron chi connectivity index (χ3n) is 4.92. The van der Waals surface area contributed by atoms with Gasteiger partial charge in [0.05, 0.1) is 6.33 Å². The Labute approximate surface area is 189 Å². The summed E-state index contributed by atoms with van der Waals surface area (Å²) >= 11 is 0. The Balaban J connectivity index is 1.78. The summed E-state index contributed by atoms with van der Waals surface area (Å²) in [6, 6.07) is 11.6. The lowest BCUT2D eigenvalue weighted by Crippen LogP contribution is -2.41. The van der Waals surface area contributed by atoms with Crippen LogP contribution in [-0.4, -0.2) is 38.5 Å². The van der Waals surface area contributed by atoms with E-state index >= 15 is 0 Å². The Morgan fingerprint density at radius 1 is 1.09 bits per heavy atom. The predicted octanol–water partition coefficient (Wildman–Crippen LogP) is 2.71. The fourth-order valence-electron chi connectivity index (χ4n) is 3.18. The number of amides is 2. The molecule has 0 aliphatic heterocycles. The first-order valence-corrected chi connectivity index (χ1v) is 10.2. The number of benzene rings is 2. The van der Waals surface area contributed by atoms with Gasteiger partial charge in [0.25, 0.3) is 5.91 Å². The number of carboxylic acid groups (broad SMARTS) is 1. The zero-order chi connectivity index (χ0) is 23.8. The number of nitrogens with two attached hydrogens (primary N) is 1. The molecule has 0 saturated carbocycles. The predicted molar refractivity (Wildman–Crippen MR) is 120 cm³/mol. The molecule has 33 heavy (non-hydrogen) atoms. The van der Waals surface area contributed by atoms with Gasteiger partial charge in [-0.25, -0.2) is 14.2 Å². The Morgan fingerprint density at radius 3 is 2.33 bits per heavy atom. The maximum Gasteiger partial charge on any atom is 0.326 e. The minimum atomic E-state index is -1.24. The molecule has 0 saturated heterocycles. The Hall–Kier alpha value is -4.27. The number of nitrogens with zero attached hydrogens (tertiary/aromatic N) is 2. The van der Waals surface area contributed by atoms with Crippen LogP contribution in [0, 0.1) is 5.82 Å². The van der Waals surface area contributed by atoms with Crippen LogP contribution in [0.4, 0.5) is 4.39 Å².